The van der Waals surface area contributed by atoms with E-state index in [0.29, 0.717) is 18.2 Å². The van der Waals surface area contributed by atoms with E-state index in [4.69, 9.17) is 12.2 Å². The number of halogens is 1. The van der Waals surface area contributed by atoms with E-state index in [1.165, 1.54) is 40.8 Å². The molecule has 0 saturated carbocycles. The van der Waals surface area contributed by atoms with E-state index in [1.807, 2.05) is 18.3 Å². The van der Waals surface area contributed by atoms with Crippen LogP contribution in [0, 0.1) is 12.7 Å². The summed E-state index contributed by atoms with van der Waals surface area (Å²) in [6.07, 6.45) is 4.76. The first kappa shape index (κ1) is 19.0. The minimum atomic E-state index is -0.268. The molecule has 146 valence electrons. The third-order valence-corrected chi connectivity index (χ3v) is 6.16. The molecular weight excluding hydrogens is 393 g/mol. The van der Waals surface area contributed by atoms with Crippen molar-refractivity contribution < 1.29 is 4.39 Å². The average molecular weight is 416 g/mol. The van der Waals surface area contributed by atoms with E-state index in [1.54, 1.807) is 12.1 Å². The average Bonchev–Trinajstić information content (AvgIpc) is 3.05. The van der Waals surface area contributed by atoms with Crippen LogP contribution in [-0.2, 0) is 12.8 Å². The highest BCUT2D eigenvalue weighted by Gasteiger charge is 2.20. The molecule has 0 amide bonds. The maximum atomic E-state index is 13.0. The third kappa shape index (κ3) is 4.23. The molecule has 0 radical (unpaired) electrons. The number of aromatic nitrogens is 2. The molecule has 0 spiro atoms. The Bertz CT molecular complexity index is 1000. The summed E-state index contributed by atoms with van der Waals surface area (Å²) in [6.45, 7) is 3.26. The lowest BCUT2D eigenvalue weighted by atomic mass is 9.97. The molecule has 5 nitrogen and oxygen atoms in total. The Morgan fingerprint density at radius 1 is 1.14 bits per heavy atom. The molecule has 2 aromatic heterocycles. The van der Waals surface area contributed by atoms with Gasteiger partial charge in [-0.25, -0.2) is 14.4 Å². The molecule has 3 aromatic rings. The highest BCUT2D eigenvalue weighted by molar-refractivity contribution is 7.80. The molecule has 0 aliphatic heterocycles. The third-order valence-electron chi connectivity index (χ3n) is 4.73. The Labute approximate surface area is 172 Å². The summed E-state index contributed by atoms with van der Waals surface area (Å²) >= 11 is 7.11. The van der Waals surface area contributed by atoms with Crippen LogP contribution in [0.15, 0.2) is 24.3 Å². The molecule has 0 unspecified atom stereocenters. The zero-order valence-corrected chi connectivity index (χ0v) is 17.3. The highest BCUT2D eigenvalue weighted by Crippen LogP contribution is 2.38. The van der Waals surface area contributed by atoms with Crippen LogP contribution in [0.3, 0.4) is 0 Å². The fourth-order valence-corrected chi connectivity index (χ4v) is 4.98. The smallest absolute Gasteiger partial charge is 0.170 e. The van der Waals surface area contributed by atoms with Gasteiger partial charge in [0.15, 0.2) is 5.11 Å². The molecule has 0 fully saturated rings. The topological polar surface area (TPSA) is 61.9 Å². The summed E-state index contributed by atoms with van der Waals surface area (Å²) in [5, 5.41) is 11.3. The minimum Gasteiger partial charge on any atom is -0.368 e. The van der Waals surface area contributed by atoms with Crippen LogP contribution in [0.25, 0.3) is 10.2 Å². The second-order valence-electron chi connectivity index (χ2n) is 6.83. The number of benzene rings is 1. The second-order valence-corrected chi connectivity index (χ2v) is 8.32. The molecular formula is C20H22FN5S2. The lowest BCUT2D eigenvalue weighted by Crippen LogP contribution is -2.32. The van der Waals surface area contributed by atoms with Crippen molar-refractivity contribution in [1.82, 2.24) is 15.3 Å². The highest BCUT2D eigenvalue weighted by atomic mass is 32.1. The normalized spacial score (nSPS) is 13.2. The zero-order valence-electron chi connectivity index (χ0n) is 15.6. The van der Waals surface area contributed by atoms with E-state index in [0.717, 1.165) is 35.0 Å². The van der Waals surface area contributed by atoms with Crippen LogP contribution in [0.1, 0.15) is 29.1 Å². The lowest BCUT2D eigenvalue weighted by Gasteiger charge is -2.14. The van der Waals surface area contributed by atoms with Gasteiger partial charge in [-0.15, -0.1) is 11.3 Å². The summed E-state index contributed by atoms with van der Waals surface area (Å²) in [6, 6.07) is 6.11. The number of hydrogen-bond donors (Lipinski definition) is 3. The molecule has 3 N–H and O–H groups in total. The second kappa shape index (κ2) is 8.36. The van der Waals surface area contributed by atoms with Gasteiger partial charge < -0.3 is 16.0 Å². The fourth-order valence-electron chi connectivity index (χ4n) is 3.46. The molecule has 28 heavy (non-hydrogen) atoms. The first-order valence-corrected chi connectivity index (χ1v) is 10.7. The molecule has 4 rings (SSSR count). The molecule has 1 aliphatic rings. The summed E-state index contributed by atoms with van der Waals surface area (Å²) in [5.74, 6) is 1.44. The van der Waals surface area contributed by atoms with Crippen molar-refractivity contribution in [2.24, 2.45) is 0 Å². The zero-order chi connectivity index (χ0) is 19.5. The van der Waals surface area contributed by atoms with Crippen molar-refractivity contribution in [3.8, 4) is 0 Å². The van der Waals surface area contributed by atoms with E-state index >= 15 is 0 Å². The van der Waals surface area contributed by atoms with Gasteiger partial charge in [0.1, 0.15) is 22.3 Å². The Kier molecular flexibility index (Phi) is 5.68. The lowest BCUT2D eigenvalue weighted by molar-refractivity contribution is 0.628. The van der Waals surface area contributed by atoms with E-state index in [-0.39, 0.29) is 5.82 Å². The summed E-state index contributed by atoms with van der Waals surface area (Å²) in [5.41, 5.74) is 2.18. The predicted octanol–water partition coefficient (Wildman–Crippen LogP) is 4.42. The molecule has 2 heterocycles. The van der Waals surface area contributed by atoms with E-state index in [2.05, 4.69) is 25.9 Å². The van der Waals surface area contributed by atoms with Gasteiger partial charge in [-0.3, -0.25) is 0 Å². The van der Waals surface area contributed by atoms with Crippen LogP contribution in [0.5, 0.6) is 0 Å². The molecule has 0 bridgehead atoms. The van der Waals surface area contributed by atoms with Crippen molar-refractivity contribution >= 4 is 50.4 Å². The Morgan fingerprint density at radius 3 is 2.75 bits per heavy atom. The monoisotopic (exact) mass is 415 g/mol. The SMILES string of the molecule is Cc1nc(NCCNC(=S)Nc2ccc(F)cc2)c2c3c(sc2n1)CCCC3. The first-order valence-electron chi connectivity index (χ1n) is 9.43. The van der Waals surface area contributed by atoms with Crippen LogP contribution < -0.4 is 16.0 Å². The van der Waals surface area contributed by atoms with Crippen molar-refractivity contribution in [2.75, 3.05) is 23.7 Å². The fraction of sp³-hybridized carbons (Fsp3) is 0.350. The van der Waals surface area contributed by atoms with E-state index in [9.17, 15) is 4.39 Å². The van der Waals surface area contributed by atoms with Crippen molar-refractivity contribution in [3.05, 3.63) is 46.3 Å². The van der Waals surface area contributed by atoms with Crippen molar-refractivity contribution in [2.45, 2.75) is 32.6 Å². The predicted molar refractivity (Wildman–Crippen MR) is 118 cm³/mol. The molecule has 0 atom stereocenters. The molecule has 8 heteroatoms. The number of anilines is 2. The number of nitrogens with zero attached hydrogens (tertiary/aromatic N) is 2. The van der Waals surface area contributed by atoms with Gasteiger partial charge in [0.25, 0.3) is 0 Å². The van der Waals surface area contributed by atoms with Gasteiger partial charge in [-0.1, -0.05) is 0 Å². The first-order chi connectivity index (χ1) is 13.6. The Balaban J connectivity index is 1.37. The summed E-state index contributed by atoms with van der Waals surface area (Å²) in [4.78, 5) is 11.8. The van der Waals surface area contributed by atoms with E-state index < -0.39 is 0 Å². The number of rotatable bonds is 5. The number of aryl methyl sites for hydroxylation is 3. The van der Waals surface area contributed by atoms with Crippen molar-refractivity contribution in [3.63, 3.8) is 0 Å². The van der Waals surface area contributed by atoms with Gasteiger partial charge in [0, 0.05) is 23.7 Å². The van der Waals surface area contributed by atoms with Gasteiger partial charge in [-0.2, -0.15) is 0 Å². The maximum absolute atomic E-state index is 13.0. The molecule has 1 aromatic carbocycles. The van der Waals surface area contributed by atoms with Crippen LogP contribution in [0.2, 0.25) is 0 Å². The number of thiophene rings is 1. The Hall–Kier alpha value is -2.32. The van der Waals surface area contributed by atoms with Gasteiger partial charge in [0.2, 0.25) is 0 Å². The van der Waals surface area contributed by atoms with Gasteiger partial charge >= 0.3 is 0 Å². The summed E-state index contributed by atoms with van der Waals surface area (Å²) < 4.78 is 13.0. The number of fused-ring (bicyclic) bond motifs is 3. The molecule has 1 aliphatic carbocycles. The largest absolute Gasteiger partial charge is 0.368 e. The standard InChI is InChI=1S/C20H22FN5S2/c1-12-24-18(17-15-4-2-3-5-16(15)28-19(17)25-12)22-10-11-23-20(27)26-14-8-6-13(21)7-9-14/h6-9H,2-5,10-11H2,1H3,(H,22,24,25)(H2,23,26,27). The van der Waals surface area contributed by atoms with Crippen molar-refractivity contribution in [1.29, 1.82) is 0 Å². The number of thiocarbonyl (C=S) groups is 1. The van der Waals surface area contributed by atoms with Crippen LogP contribution >= 0.6 is 23.6 Å². The van der Waals surface area contributed by atoms with Gasteiger partial charge in [0.05, 0.1) is 5.39 Å². The minimum absolute atomic E-state index is 0.268. The Morgan fingerprint density at radius 2 is 1.93 bits per heavy atom. The quantitative estimate of drug-likeness (QED) is 0.424. The van der Waals surface area contributed by atoms with Gasteiger partial charge in [-0.05, 0) is 74.7 Å². The molecule has 0 saturated heterocycles. The maximum Gasteiger partial charge on any atom is 0.170 e. The number of hydrogen-bond acceptors (Lipinski definition) is 5. The van der Waals surface area contributed by atoms with Crippen LogP contribution in [-0.4, -0.2) is 28.2 Å². The van der Waals surface area contributed by atoms with Crippen LogP contribution in [0.4, 0.5) is 15.9 Å². The summed E-state index contributed by atoms with van der Waals surface area (Å²) in [7, 11) is 0. The number of nitrogens with one attached hydrogen (secondary N) is 3.